The lowest BCUT2D eigenvalue weighted by Crippen LogP contribution is -2.14. The van der Waals surface area contributed by atoms with Crippen LogP contribution in [0.4, 0.5) is 4.79 Å². The molecule has 0 saturated carbocycles. The summed E-state index contributed by atoms with van der Waals surface area (Å²) in [5, 5.41) is 16.3. The van der Waals surface area contributed by atoms with E-state index in [1.165, 1.54) is 0 Å². The van der Waals surface area contributed by atoms with Gasteiger partial charge < -0.3 is 14.9 Å². The van der Waals surface area contributed by atoms with Crippen molar-refractivity contribution in [1.82, 2.24) is 0 Å². The molecule has 0 aliphatic rings. The Labute approximate surface area is 46.7 Å². The van der Waals surface area contributed by atoms with Crippen molar-refractivity contribution in [2.75, 3.05) is 0 Å². The van der Waals surface area contributed by atoms with Gasteiger partial charge in [-0.3, -0.25) is 0 Å². The number of aliphatic hydroxyl groups is 1. The van der Waals surface area contributed by atoms with Crippen LogP contribution in [-0.4, -0.2) is 22.7 Å². The highest BCUT2D eigenvalue weighted by Gasteiger charge is 2.03. The van der Waals surface area contributed by atoms with Gasteiger partial charge in [0.05, 0.1) is 0 Å². The van der Waals surface area contributed by atoms with Crippen LogP contribution in [0.2, 0.25) is 0 Å². The van der Waals surface area contributed by atoms with Crippen LogP contribution in [0.3, 0.4) is 0 Å². The summed E-state index contributed by atoms with van der Waals surface area (Å²) >= 11 is 0. The summed E-state index contributed by atoms with van der Waals surface area (Å²) in [6.45, 7) is 1.62. The quantitative estimate of drug-likeness (QED) is 0.409. The number of ether oxygens (including phenoxy) is 1. The molecule has 0 aromatic heterocycles. The summed E-state index contributed by atoms with van der Waals surface area (Å²) in [7, 11) is 0. The maximum absolute atomic E-state index is 9.59. The lowest BCUT2D eigenvalue weighted by atomic mass is 10.5. The number of aliphatic hydroxyl groups excluding tert-OH is 1. The van der Waals surface area contributed by atoms with E-state index in [2.05, 4.69) is 4.74 Å². The SMILES string of the molecule is CCC(O)OC(=O)O. The van der Waals surface area contributed by atoms with Gasteiger partial charge >= 0.3 is 6.16 Å². The molecule has 0 aromatic rings. The Morgan fingerprint density at radius 1 is 1.88 bits per heavy atom. The normalized spacial score (nSPS) is 12.8. The number of rotatable bonds is 2. The molecule has 0 radical (unpaired) electrons. The van der Waals surface area contributed by atoms with Gasteiger partial charge in [0.1, 0.15) is 0 Å². The zero-order valence-electron chi connectivity index (χ0n) is 4.50. The van der Waals surface area contributed by atoms with Gasteiger partial charge in [0.15, 0.2) is 0 Å². The van der Waals surface area contributed by atoms with E-state index in [1.807, 2.05) is 0 Å². The predicted molar refractivity (Wildman–Crippen MR) is 25.4 cm³/mol. The van der Waals surface area contributed by atoms with E-state index in [0.29, 0.717) is 0 Å². The van der Waals surface area contributed by atoms with Crippen LogP contribution in [0.5, 0.6) is 0 Å². The van der Waals surface area contributed by atoms with E-state index in [-0.39, 0.29) is 6.42 Å². The predicted octanol–water partition coefficient (Wildman–Crippen LogP) is 0.409. The Balaban J connectivity index is 3.24. The molecule has 1 atom stereocenters. The van der Waals surface area contributed by atoms with Crippen LogP contribution in [-0.2, 0) is 4.74 Å². The van der Waals surface area contributed by atoms with E-state index in [0.717, 1.165) is 0 Å². The lowest BCUT2D eigenvalue weighted by Gasteiger charge is -2.03. The number of carboxylic acid groups (broad SMARTS) is 1. The molecule has 1 unspecified atom stereocenters. The summed E-state index contributed by atoms with van der Waals surface area (Å²) in [5.41, 5.74) is 0. The van der Waals surface area contributed by atoms with Crippen LogP contribution >= 0.6 is 0 Å². The molecule has 0 heterocycles. The zero-order valence-corrected chi connectivity index (χ0v) is 4.50. The Kier molecular flexibility index (Phi) is 2.95. The zero-order chi connectivity index (χ0) is 6.57. The highest BCUT2D eigenvalue weighted by Crippen LogP contribution is 1.90. The molecule has 0 aliphatic heterocycles. The van der Waals surface area contributed by atoms with Gasteiger partial charge in [0.25, 0.3) is 0 Å². The molecule has 4 nitrogen and oxygen atoms in total. The van der Waals surface area contributed by atoms with Crippen LogP contribution in [0, 0.1) is 0 Å². The third-order valence-electron chi connectivity index (χ3n) is 0.586. The van der Waals surface area contributed by atoms with Gasteiger partial charge in [-0.25, -0.2) is 4.79 Å². The molecule has 48 valence electrons. The third kappa shape index (κ3) is 3.42. The molecule has 4 heteroatoms. The molecule has 2 N–H and O–H groups in total. The molecule has 0 saturated heterocycles. The van der Waals surface area contributed by atoms with Crippen molar-refractivity contribution in [3.05, 3.63) is 0 Å². The van der Waals surface area contributed by atoms with Crippen molar-refractivity contribution in [1.29, 1.82) is 0 Å². The largest absolute Gasteiger partial charge is 0.508 e. The summed E-state index contributed by atoms with van der Waals surface area (Å²) < 4.78 is 3.87. The molecule has 0 amide bonds. The molecule has 0 aromatic carbocycles. The minimum Gasteiger partial charge on any atom is -0.450 e. The minimum atomic E-state index is -1.45. The second-order valence-corrected chi connectivity index (χ2v) is 1.25. The van der Waals surface area contributed by atoms with Crippen molar-refractivity contribution < 1.29 is 19.7 Å². The van der Waals surface area contributed by atoms with Gasteiger partial charge in [0.2, 0.25) is 6.29 Å². The van der Waals surface area contributed by atoms with Crippen molar-refractivity contribution in [2.45, 2.75) is 19.6 Å². The van der Waals surface area contributed by atoms with E-state index in [9.17, 15) is 4.79 Å². The average molecular weight is 120 g/mol. The topological polar surface area (TPSA) is 66.8 Å². The van der Waals surface area contributed by atoms with E-state index in [1.54, 1.807) is 6.92 Å². The van der Waals surface area contributed by atoms with Gasteiger partial charge in [-0.2, -0.15) is 0 Å². The van der Waals surface area contributed by atoms with E-state index in [4.69, 9.17) is 10.2 Å². The highest BCUT2D eigenvalue weighted by molar-refractivity contribution is 5.56. The maximum Gasteiger partial charge on any atom is 0.508 e. The first-order valence-corrected chi connectivity index (χ1v) is 2.24. The molecular formula is C4H8O4. The fraction of sp³-hybridized carbons (Fsp3) is 0.750. The standard InChI is InChI=1S/C4H8O4/c1-2-3(5)8-4(6)7/h3,5H,2H2,1H3,(H,6,7). The minimum absolute atomic E-state index is 0.284. The van der Waals surface area contributed by atoms with Gasteiger partial charge in [-0.05, 0) is 0 Å². The Hall–Kier alpha value is -0.770. The average Bonchev–Trinajstić information content (AvgIpc) is 1.65. The van der Waals surface area contributed by atoms with Crippen LogP contribution < -0.4 is 0 Å². The second kappa shape index (κ2) is 3.26. The molecule has 0 spiro atoms. The van der Waals surface area contributed by atoms with Gasteiger partial charge in [0, 0.05) is 6.42 Å². The number of hydrogen-bond donors (Lipinski definition) is 2. The molecule has 0 aliphatic carbocycles. The summed E-state index contributed by atoms with van der Waals surface area (Å²) in [5.74, 6) is 0. The molecule has 0 fully saturated rings. The first-order valence-electron chi connectivity index (χ1n) is 2.24. The second-order valence-electron chi connectivity index (χ2n) is 1.25. The molecule has 8 heavy (non-hydrogen) atoms. The fourth-order valence-electron chi connectivity index (χ4n) is 0.200. The smallest absolute Gasteiger partial charge is 0.450 e. The summed E-state index contributed by atoms with van der Waals surface area (Å²) in [6.07, 6.45) is -2.33. The van der Waals surface area contributed by atoms with E-state index >= 15 is 0 Å². The highest BCUT2D eigenvalue weighted by atomic mass is 16.7. The van der Waals surface area contributed by atoms with Crippen LogP contribution in [0.15, 0.2) is 0 Å². The summed E-state index contributed by atoms with van der Waals surface area (Å²) in [4.78, 5) is 9.59. The molecule has 0 rings (SSSR count). The Morgan fingerprint density at radius 2 is 2.38 bits per heavy atom. The van der Waals surface area contributed by atoms with Crippen molar-refractivity contribution in [2.24, 2.45) is 0 Å². The molecule has 0 bridgehead atoms. The fourth-order valence-corrected chi connectivity index (χ4v) is 0.200. The Morgan fingerprint density at radius 3 is 2.50 bits per heavy atom. The van der Waals surface area contributed by atoms with Crippen molar-refractivity contribution in [3.8, 4) is 0 Å². The number of carbonyl (C=O) groups is 1. The van der Waals surface area contributed by atoms with Crippen LogP contribution in [0.25, 0.3) is 0 Å². The number of hydrogen-bond acceptors (Lipinski definition) is 3. The Bertz CT molecular complexity index is 80.1. The van der Waals surface area contributed by atoms with Crippen molar-refractivity contribution in [3.63, 3.8) is 0 Å². The monoisotopic (exact) mass is 120 g/mol. The first-order chi connectivity index (χ1) is 3.66. The molecular weight excluding hydrogens is 112 g/mol. The maximum atomic E-state index is 9.59. The van der Waals surface area contributed by atoms with Gasteiger partial charge in [-0.1, -0.05) is 6.92 Å². The first kappa shape index (κ1) is 7.23. The van der Waals surface area contributed by atoms with Gasteiger partial charge in [-0.15, -0.1) is 0 Å². The van der Waals surface area contributed by atoms with Crippen LogP contribution in [0.1, 0.15) is 13.3 Å². The lowest BCUT2D eigenvalue weighted by molar-refractivity contribution is -0.0715. The third-order valence-corrected chi connectivity index (χ3v) is 0.586. The van der Waals surface area contributed by atoms with E-state index < -0.39 is 12.4 Å². The van der Waals surface area contributed by atoms with Crippen molar-refractivity contribution >= 4 is 6.16 Å². The summed E-state index contributed by atoms with van der Waals surface area (Å²) in [6, 6.07) is 0.